The number of benzene rings is 2. The van der Waals surface area contributed by atoms with Crippen molar-refractivity contribution in [2.24, 2.45) is 5.92 Å². The first kappa shape index (κ1) is 27.6. The van der Waals surface area contributed by atoms with Gasteiger partial charge in [0.2, 0.25) is 0 Å². The molecule has 41 heavy (non-hydrogen) atoms. The summed E-state index contributed by atoms with van der Waals surface area (Å²) in [6.07, 6.45) is 1.51. The van der Waals surface area contributed by atoms with Gasteiger partial charge in [-0.25, -0.2) is 4.79 Å². The maximum Gasteiger partial charge on any atom is 0.414 e. The fourth-order valence-corrected chi connectivity index (χ4v) is 9.45. The Morgan fingerprint density at radius 2 is 1.98 bits per heavy atom. The van der Waals surface area contributed by atoms with Gasteiger partial charge in [-0.05, 0) is 43.3 Å². The van der Waals surface area contributed by atoms with E-state index in [1.54, 1.807) is 21.7 Å². The normalized spacial score (nSPS) is 26.4. The molecule has 3 aromatic rings. The van der Waals surface area contributed by atoms with Crippen LogP contribution >= 0.6 is 0 Å². The third kappa shape index (κ3) is 4.64. The second kappa shape index (κ2) is 10.4. The predicted molar refractivity (Wildman–Crippen MR) is 153 cm³/mol. The zero-order valence-electron chi connectivity index (χ0n) is 23.4. The third-order valence-electron chi connectivity index (χ3n) is 8.74. The van der Waals surface area contributed by atoms with Crippen LogP contribution in [0.5, 0.6) is 0 Å². The number of cyclic esters (lactones) is 1. The molecule has 0 saturated carbocycles. The fraction of sp³-hybridized carbons (Fsp3) is 0.448. The number of nitrogens with one attached hydrogen (secondary N) is 1. The van der Waals surface area contributed by atoms with Crippen molar-refractivity contribution in [2.75, 3.05) is 30.0 Å². The summed E-state index contributed by atoms with van der Waals surface area (Å²) in [5, 5.41) is 21.6. The number of ether oxygens (including phenoxy) is 2. The minimum Gasteiger partial charge on any atom is -0.447 e. The van der Waals surface area contributed by atoms with Gasteiger partial charge in [-0.2, -0.15) is 0 Å². The molecular weight excluding hydrogens is 542 g/mol. The molecule has 0 aliphatic carbocycles. The molecule has 2 saturated heterocycles. The highest BCUT2D eigenvalue weighted by Crippen LogP contribution is 2.58. The largest absolute Gasteiger partial charge is 0.447 e. The average molecular weight is 578 g/mol. The molecule has 2 aromatic carbocycles. The minimum absolute atomic E-state index is 0.0908. The zero-order valence-corrected chi connectivity index (χ0v) is 24.4. The molecular formula is C29H35N5O6Si. The van der Waals surface area contributed by atoms with Crippen molar-refractivity contribution in [1.29, 1.82) is 0 Å². The molecule has 0 bridgehead atoms. The molecule has 3 N–H and O–H groups in total. The Morgan fingerprint density at radius 3 is 2.66 bits per heavy atom. The average Bonchev–Trinajstić information content (AvgIpc) is 3.71. The molecule has 3 aliphatic heterocycles. The first-order valence-corrected chi connectivity index (χ1v) is 17.0. The first-order valence-electron chi connectivity index (χ1n) is 14.0. The maximum absolute atomic E-state index is 13.6. The summed E-state index contributed by atoms with van der Waals surface area (Å²) in [6.45, 7) is 6.86. The van der Waals surface area contributed by atoms with E-state index in [1.165, 1.54) is 0 Å². The number of rotatable bonds is 8. The van der Waals surface area contributed by atoms with Crippen molar-refractivity contribution in [1.82, 2.24) is 15.0 Å². The summed E-state index contributed by atoms with van der Waals surface area (Å²) in [6, 6.07) is 15.1. The molecule has 3 aliphatic rings. The number of aromatic nitrogens is 3. The molecule has 6 rings (SSSR count). The summed E-state index contributed by atoms with van der Waals surface area (Å²) < 4.78 is 13.6. The van der Waals surface area contributed by atoms with Crippen molar-refractivity contribution >= 4 is 31.7 Å². The molecule has 1 spiro atoms. The van der Waals surface area contributed by atoms with Crippen molar-refractivity contribution in [3.05, 3.63) is 71.5 Å². The Labute approximate surface area is 239 Å². The van der Waals surface area contributed by atoms with Crippen molar-refractivity contribution in [3.63, 3.8) is 0 Å². The number of anilines is 2. The van der Waals surface area contributed by atoms with Crippen LogP contribution in [0.25, 0.3) is 0 Å². The van der Waals surface area contributed by atoms with Gasteiger partial charge >= 0.3 is 6.09 Å². The minimum atomic E-state index is -2.81. The molecule has 1 aromatic heterocycles. The number of carbonyl (C=O) groups excluding carboxylic acids is 2. The monoisotopic (exact) mass is 577 g/mol. The smallest absolute Gasteiger partial charge is 0.414 e. The van der Waals surface area contributed by atoms with Gasteiger partial charge in [-0.3, -0.25) is 14.4 Å². The molecule has 5 atom stereocenters. The van der Waals surface area contributed by atoms with E-state index in [4.69, 9.17) is 9.47 Å². The number of fused-ring (bicyclic) bond motifs is 2. The van der Waals surface area contributed by atoms with E-state index in [1.807, 2.05) is 62.6 Å². The van der Waals surface area contributed by atoms with E-state index in [2.05, 4.69) is 15.6 Å². The fourth-order valence-electron chi connectivity index (χ4n) is 6.85. The van der Waals surface area contributed by atoms with Gasteiger partial charge in [-0.1, -0.05) is 42.5 Å². The Bertz CT molecular complexity index is 1460. The van der Waals surface area contributed by atoms with Crippen molar-refractivity contribution in [2.45, 2.75) is 56.1 Å². The number of hydrogen-bond donors (Lipinski definition) is 3. The lowest BCUT2D eigenvalue weighted by Gasteiger charge is -2.32. The van der Waals surface area contributed by atoms with Crippen LogP contribution in [-0.4, -0.2) is 71.1 Å². The Balaban J connectivity index is 1.27. The van der Waals surface area contributed by atoms with Crippen LogP contribution in [0.2, 0.25) is 18.6 Å². The predicted octanol–water partition coefficient (Wildman–Crippen LogP) is 3.20. The van der Waals surface area contributed by atoms with Gasteiger partial charge in [0.25, 0.3) is 5.91 Å². The summed E-state index contributed by atoms with van der Waals surface area (Å²) in [4.78, 5) is 38.9. The highest BCUT2D eigenvalue weighted by atomic mass is 28.4. The van der Waals surface area contributed by atoms with Crippen LogP contribution < -0.4 is 10.2 Å². The SMILES string of the molecule is C[C@@H]1[C@@H]([Si](C)(C)O)[C@H](CCn2cc(C(CO)c3ccccc3)nn2)O[C@@]12C(=O)Nc1ccc(N3CCOC3=O)cc12. The van der Waals surface area contributed by atoms with Crippen LogP contribution in [0.15, 0.2) is 54.7 Å². The van der Waals surface area contributed by atoms with Gasteiger partial charge in [0.1, 0.15) is 6.61 Å². The molecule has 1 unspecified atom stereocenters. The summed E-state index contributed by atoms with van der Waals surface area (Å²) in [5.41, 5.74) is 2.06. The number of aryl methyl sites for hydroxylation is 1. The number of aliphatic hydroxyl groups excluding tert-OH is 1. The highest BCUT2D eigenvalue weighted by Gasteiger charge is 2.64. The van der Waals surface area contributed by atoms with Crippen LogP contribution in [-0.2, 0) is 26.4 Å². The summed E-state index contributed by atoms with van der Waals surface area (Å²) in [5.74, 6) is -0.860. The zero-order chi connectivity index (χ0) is 28.9. The maximum atomic E-state index is 13.6. The quantitative estimate of drug-likeness (QED) is 0.347. The lowest BCUT2D eigenvalue weighted by molar-refractivity contribution is -0.143. The summed E-state index contributed by atoms with van der Waals surface area (Å²) >= 11 is 0. The topological polar surface area (TPSA) is 139 Å². The molecule has 12 heteroatoms. The number of nitrogens with zero attached hydrogens (tertiary/aromatic N) is 4. The second-order valence-electron chi connectivity index (χ2n) is 11.7. The number of aliphatic hydroxyl groups is 1. The van der Waals surface area contributed by atoms with Gasteiger partial charge in [0.05, 0.1) is 30.9 Å². The van der Waals surface area contributed by atoms with Crippen LogP contribution in [0.4, 0.5) is 16.2 Å². The first-order chi connectivity index (χ1) is 19.6. The van der Waals surface area contributed by atoms with E-state index >= 15 is 0 Å². The van der Waals surface area contributed by atoms with E-state index in [-0.39, 0.29) is 29.9 Å². The van der Waals surface area contributed by atoms with Crippen LogP contribution in [0.1, 0.15) is 36.1 Å². The lowest BCUT2D eigenvalue weighted by atomic mass is 9.82. The highest BCUT2D eigenvalue weighted by molar-refractivity contribution is 6.71. The van der Waals surface area contributed by atoms with Gasteiger partial charge < -0.3 is 24.7 Å². The van der Waals surface area contributed by atoms with Crippen molar-refractivity contribution < 1.29 is 29.0 Å². The number of hydrogen-bond acceptors (Lipinski definition) is 8. The molecule has 2 fully saturated rings. The van der Waals surface area contributed by atoms with Gasteiger partial charge in [0, 0.05) is 41.1 Å². The molecule has 2 amide bonds. The molecule has 0 radical (unpaired) electrons. The van der Waals surface area contributed by atoms with Gasteiger partial charge in [0.15, 0.2) is 13.9 Å². The van der Waals surface area contributed by atoms with E-state index in [0.29, 0.717) is 48.7 Å². The molecule has 4 heterocycles. The Morgan fingerprint density at radius 1 is 1.20 bits per heavy atom. The van der Waals surface area contributed by atoms with Gasteiger partial charge in [-0.15, -0.1) is 5.10 Å². The second-order valence-corrected chi connectivity index (χ2v) is 15.6. The lowest BCUT2D eigenvalue weighted by Crippen LogP contribution is -2.43. The van der Waals surface area contributed by atoms with Crippen LogP contribution in [0, 0.1) is 5.92 Å². The Kier molecular flexibility index (Phi) is 6.97. The Hall–Kier alpha value is -3.58. The van der Waals surface area contributed by atoms with Crippen LogP contribution in [0.3, 0.4) is 0 Å². The number of amides is 2. The third-order valence-corrected chi connectivity index (χ3v) is 11.2. The summed E-state index contributed by atoms with van der Waals surface area (Å²) in [7, 11) is -2.81. The van der Waals surface area contributed by atoms with Crippen molar-refractivity contribution in [3.8, 4) is 0 Å². The molecule has 11 nitrogen and oxygen atoms in total. The standard InChI is InChI=1S/C29H35N5O6Si/c1-18-26(41(2,3)38)25(11-12-33-16-24(31-32-33)21(17-35)19-7-5-4-6-8-19)40-29(18)22-15-20(34-13-14-39-28(34)37)9-10-23(22)30-27(29)36/h4-10,15-16,18,21,25-26,35,38H,11-14,17H2,1-3H3,(H,30,36)/t18-,21?,25+,26-,29+/m1/s1. The van der Waals surface area contributed by atoms with E-state index < -0.39 is 26.1 Å². The number of carbonyl (C=O) groups is 2. The van der Waals surface area contributed by atoms with E-state index in [0.717, 1.165) is 5.56 Å². The van der Waals surface area contributed by atoms with E-state index in [9.17, 15) is 19.5 Å². The molecule has 216 valence electrons.